The van der Waals surface area contributed by atoms with E-state index in [0.29, 0.717) is 0 Å². The summed E-state index contributed by atoms with van der Waals surface area (Å²) in [7, 11) is 0. The SMILES string of the molecule is C1CN[N+]2CCC(C1)C2. The van der Waals surface area contributed by atoms with Gasteiger partial charge in [0.2, 0.25) is 0 Å². The number of hydrazine groups is 1. The molecule has 2 unspecified atom stereocenters. The summed E-state index contributed by atoms with van der Waals surface area (Å²) in [6.07, 6.45) is 4.25. The normalized spacial score (nSPS) is 42.7. The van der Waals surface area contributed by atoms with Gasteiger partial charge in [-0.2, -0.15) is 0 Å². The summed E-state index contributed by atoms with van der Waals surface area (Å²) < 4.78 is 0. The summed E-state index contributed by atoms with van der Waals surface area (Å²) in [5.74, 6) is 1.01. The fourth-order valence-electron chi connectivity index (χ4n) is 1.84. The van der Waals surface area contributed by atoms with Crippen LogP contribution in [0.2, 0.25) is 0 Å². The van der Waals surface area contributed by atoms with Crippen LogP contribution in [0.5, 0.6) is 0 Å². The monoisotopic (exact) mass is 126 g/mol. The molecule has 0 aliphatic carbocycles. The summed E-state index contributed by atoms with van der Waals surface area (Å²) >= 11 is 0. The Morgan fingerprint density at radius 3 is 3.33 bits per heavy atom. The number of fused-ring (bicyclic) bond motifs is 2. The maximum Gasteiger partial charge on any atom is 0.147 e. The average molecular weight is 126 g/mol. The van der Waals surface area contributed by atoms with Crippen molar-refractivity contribution in [2.75, 3.05) is 19.6 Å². The lowest BCUT2D eigenvalue weighted by Crippen LogP contribution is -2.40. The minimum atomic E-state index is 1.01. The van der Waals surface area contributed by atoms with Crippen LogP contribution in [-0.2, 0) is 0 Å². The third-order valence-corrected chi connectivity index (χ3v) is 2.41. The van der Waals surface area contributed by atoms with E-state index >= 15 is 0 Å². The van der Waals surface area contributed by atoms with E-state index in [4.69, 9.17) is 0 Å². The molecule has 1 radical (unpaired) electrons. The second-order valence-corrected chi connectivity index (χ2v) is 3.15. The van der Waals surface area contributed by atoms with Gasteiger partial charge < -0.3 is 0 Å². The van der Waals surface area contributed by atoms with Crippen LogP contribution < -0.4 is 10.4 Å². The first-order valence-electron chi connectivity index (χ1n) is 3.93. The molecule has 2 rings (SSSR count). The Morgan fingerprint density at radius 1 is 1.33 bits per heavy atom. The van der Waals surface area contributed by atoms with Crippen molar-refractivity contribution in [2.24, 2.45) is 5.92 Å². The summed E-state index contributed by atoms with van der Waals surface area (Å²) in [5, 5.41) is 2.37. The Balaban J connectivity index is 1.99. The first-order chi connectivity index (χ1) is 4.45. The first-order valence-corrected chi connectivity index (χ1v) is 3.93. The second-order valence-electron chi connectivity index (χ2n) is 3.15. The molecule has 2 saturated heterocycles. The summed E-state index contributed by atoms with van der Waals surface area (Å²) in [6.45, 7) is 3.79. The quantitative estimate of drug-likeness (QED) is 0.466. The van der Waals surface area contributed by atoms with Gasteiger partial charge in [-0.1, -0.05) is 5.01 Å². The predicted octanol–water partition coefficient (Wildman–Crippen LogP) is 0.445. The van der Waals surface area contributed by atoms with E-state index in [9.17, 15) is 0 Å². The van der Waals surface area contributed by atoms with Crippen LogP contribution in [0.15, 0.2) is 0 Å². The van der Waals surface area contributed by atoms with E-state index in [0.717, 1.165) is 5.92 Å². The van der Waals surface area contributed by atoms with E-state index in [1.54, 1.807) is 0 Å². The average Bonchev–Trinajstić information content (AvgIpc) is 2.09. The Hall–Kier alpha value is -0.0800. The molecule has 0 spiro atoms. The van der Waals surface area contributed by atoms with Crippen molar-refractivity contribution in [3.05, 3.63) is 0 Å². The van der Waals surface area contributed by atoms with E-state index in [1.165, 1.54) is 38.9 Å². The predicted molar refractivity (Wildman–Crippen MR) is 37.2 cm³/mol. The lowest BCUT2D eigenvalue weighted by Gasteiger charge is -2.01. The number of nitrogens with one attached hydrogen (secondary N) is 1. The van der Waals surface area contributed by atoms with Gasteiger partial charge >= 0.3 is 0 Å². The van der Waals surface area contributed by atoms with Gasteiger partial charge in [-0.05, 0) is 12.8 Å². The standard InChI is InChI=1S/C7H14N2/c1-2-7-3-5-9(6-7)8-4-1/h7-8H,1-6H2/q+1. The van der Waals surface area contributed by atoms with Crippen molar-refractivity contribution in [3.63, 3.8) is 0 Å². The molecule has 0 saturated carbocycles. The fraction of sp³-hybridized carbons (Fsp3) is 1.00. The van der Waals surface area contributed by atoms with Crippen LogP contribution >= 0.6 is 0 Å². The maximum absolute atomic E-state index is 3.41. The highest BCUT2D eigenvalue weighted by molar-refractivity contribution is 4.79. The van der Waals surface area contributed by atoms with E-state index in [1.807, 2.05) is 0 Å². The molecule has 0 aromatic rings. The minimum Gasteiger partial charge on any atom is -0.119 e. The third-order valence-electron chi connectivity index (χ3n) is 2.41. The number of nitrogens with zero attached hydrogens (tertiary/aromatic N) is 1. The minimum absolute atomic E-state index is 1.01. The van der Waals surface area contributed by atoms with Crippen molar-refractivity contribution in [1.82, 2.24) is 10.4 Å². The van der Waals surface area contributed by atoms with E-state index < -0.39 is 0 Å². The Bertz CT molecular complexity index is 91.1. The lowest BCUT2D eigenvalue weighted by atomic mass is 10.0. The van der Waals surface area contributed by atoms with Crippen molar-refractivity contribution in [3.8, 4) is 0 Å². The van der Waals surface area contributed by atoms with Gasteiger partial charge in [-0.25, -0.2) is 0 Å². The van der Waals surface area contributed by atoms with Gasteiger partial charge in [0.25, 0.3) is 0 Å². The second kappa shape index (κ2) is 2.27. The van der Waals surface area contributed by atoms with Gasteiger partial charge in [-0.3, -0.25) is 0 Å². The van der Waals surface area contributed by atoms with Crippen molar-refractivity contribution >= 4 is 0 Å². The fourth-order valence-corrected chi connectivity index (χ4v) is 1.84. The summed E-state index contributed by atoms with van der Waals surface area (Å²) in [5.41, 5.74) is 3.41. The Morgan fingerprint density at radius 2 is 2.33 bits per heavy atom. The highest BCUT2D eigenvalue weighted by atomic mass is 15.5. The maximum atomic E-state index is 3.41. The molecule has 51 valence electrons. The summed E-state index contributed by atoms with van der Waals surface area (Å²) in [4.78, 5) is 0. The van der Waals surface area contributed by atoms with Crippen molar-refractivity contribution in [1.29, 1.82) is 0 Å². The van der Waals surface area contributed by atoms with E-state index in [-0.39, 0.29) is 0 Å². The zero-order chi connectivity index (χ0) is 6.10. The van der Waals surface area contributed by atoms with Crippen LogP contribution in [0.25, 0.3) is 0 Å². The lowest BCUT2D eigenvalue weighted by molar-refractivity contribution is 0.376. The molecule has 2 heteroatoms. The highest BCUT2D eigenvalue weighted by Crippen LogP contribution is 2.19. The zero-order valence-corrected chi connectivity index (χ0v) is 5.77. The molecule has 9 heavy (non-hydrogen) atoms. The van der Waals surface area contributed by atoms with Crippen LogP contribution in [0.3, 0.4) is 0 Å². The topological polar surface area (TPSA) is 17.9 Å². The molecule has 2 nitrogen and oxygen atoms in total. The molecule has 1 N–H and O–H groups in total. The van der Waals surface area contributed by atoms with Gasteiger partial charge in [0.15, 0.2) is 0 Å². The van der Waals surface area contributed by atoms with Crippen LogP contribution in [0.4, 0.5) is 0 Å². The molecular weight excluding hydrogens is 112 g/mol. The molecule has 2 heterocycles. The third kappa shape index (κ3) is 1.10. The largest absolute Gasteiger partial charge is 0.147 e. The molecular formula is C7H14N2+. The molecule has 2 bridgehead atoms. The number of rotatable bonds is 0. The molecule has 2 aliphatic rings. The molecule has 2 fully saturated rings. The molecule has 0 aromatic heterocycles. The van der Waals surface area contributed by atoms with Crippen LogP contribution in [0.1, 0.15) is 19.3 Å². The van der Waals surface area contributed by atoms with Crippen molar-refractivity contribution in [2.45, 2.75) is 19.3 Å². The van der Waals surface area contributed by atoms with Crippen molar-refractivity contribution < 1.29 is 0 Å². The molecule has 2 atom stereocenters. The number of hydrogen-bond donors (Lipinski definition) is 1. The Kier molecular flexibility index (Phi) is 1.44. The van der Waals surface area contributed by atoms with E-state index in [2.05, 4.69) is 10.4 Å². The van der Waals surface area contributed by atoms with Gasteiger partial charge in [0.05, 0.1) is 0 Å². The highest BCUT2D eigenvalue weighted by Gasteiger charge is 2.32. The Labute approximate surface area is 56.2 Å². The summed E-state index contributed by atoms with van der Waals surface area (Å²) in [6, 6.07) is 0. The molecule has 0 aromatic carbocycles. The molecule has 0 amide bonds. The smallest absolute Gasteiger partial charge is 0.119 e. The number of hydrogen-bond acceptors (Lipinski definition) is 2. The first kappa shape index (κ1) is 5.69. The van der Waals surface area contributed by atoms with Crippen LogP contribution in [-0.4, -0.2) is 19.6 Å². The van der Waals surface area contributed by atoms with Gasteiger partial charge in [0.1, 0.15) is 13.1 Å². The van der Waals surface area contributed by atoms with Gasteiger partial charge in [-0.15, -0.1) is 5.43 Å². The zero-order valence-electron chi connectivity index (χ0n) is 5.77. The van der Waals surface area contributed by atoms with Gasteiger partial charge in [0, 0.05) is 18.9 Å². The van der Waals surface area contributed by atoms with Crippen LogP contribution in [0, 0.1) is 5.92 Å². The molecule has 2 aliphatic heterocycles.